The molecule has 206 valence electrons. The SMILES string of the molecule is C[C@@H]1CC[C@]2(C)CC[C@]3(C)C(CCC4[C@@]5(C)CC[C@@H](O)[C@](C)(C(=O)O)C5CC[C@]43C)C2[C@H]1C.O=CO. The van der Waals surface area contributed by atoms with Crippen LogP contribution >= 0.6 is 0 Å². The summed E-state index contributed by atoms with van der Waals surface area (Å²) in [6, 6.07) is 0. The third-order valence-electron chi connectivity index (χ3n) is 14.1. The normalized spacial score (nSPS) is 55.9. The molecular formula is C31H52O5. The van der Waals surface area contributed by atoms with E-state index in [0.29, 0.717) is 23.2 Å². The molecule has 3 N–H and O–H groups in total. The van der Waals surface area contributed by atoms with Gasteiger partial charge >= 0.3 is 5.97 Å². The van der Waals surface area contributed by atoms with E-state index in [0.717, 1.165) is 42.9 Å². The Labute approximate surface area is 218 Å². The predicted molar refractivity (Wildman–Crippen MR) is 141 cm³/mol. The monoisotopic (exact) mass is 504 g/mol. The van der Waals surface area contributed by atoms with Crippen molar-refractivity contribution in [3.8, 4) is 0 Å². The molecule has 0 aliphatic heterocycles. The number of hydrogen-bond acceptors (Lipinski definition) is 3. The van der Waals surface area contributed by atoms with Crippen molar-refractivity contribution >= 4 is 12.4 Å². The Morgan fingerprint density at radius 2 is 1.44 bits per heavy atom. The summed E-state index contributed by atoms with van der Waals surface area (Å²) in [4.78, 5) is 20.9. The zero-order valence-corrected chi connectivity index (χ0v) is 23.8. The van der Waals surface area contributed by atoms with Gasteiger partial charge in [-0.1, -0.05) is 41.5 Å². The van der Waals surface area contributed by atoms with Crippen LogP contribution in [0.15, 0.2) is 0 Å². The first kappa shape index (κ1) is 27.9. The first-order valence-electron chi connectivity index (χ1n) is 14.7. The number of fused-ring (bicyclic) bond motifs is 7. The van der Waals surface area contributed by atoms with Gasteiger partial charge in [0.2, 0.25) is 0 Å². The molecule has 5 fully saturated rings. The molecule has 0 aromatic carbocycles. The maximum Gasteiger partial charge on any atom is 0.312 e. The zero-order chi connectivity index (χ0) is 26.9. The van der Waals surface area contributed by atoms with Crippen LogP contribution in [0.3, 0.4) is 0 Å². The van der Waals surface area contributed by atoms with E-state index in [9.17, 15) is 15.0 Å². The second kappa shape index (κ2) is 8.99. The molecule has 36 heavy (non-hydrogen) atoms. The molecule has 0 amide bonds. The molecule has 12 atom stereocenters. The smallest absolute Gasteiger partial charge is 0.312 e. The number of carbonyl (C=O) groups is 2. The van der Waals surface area contributed by atoms with Crippen molar-refractivity contribution in [1.29, 1.82) is 0 Å². The van der Waals surface area contributed by atoms with Gasteiger partial charge in [0.25, 0.3) is 6.47 Å². The molecule has 5 aliphatic carbocycles. The second-order valence-corrected chi connectivity index (χ2v) is 15.0. The molecule has 5 aliphatic rings. The summed E-state index contributed by atoms with van der Waals surface area (Å²) < 4.78 is 0. The lowest BCUT2D eigenvalue weighted by Gasteiger charge is -2.73. The topological polar surface area (TPSA) is 94.8 Å². The third kappa shape index (κ3) is 3.49. The molecule has 5 heteroatoms. The summed E-state index contributed by atoms with van der Waals surface area (Å²) in [6.07, 6.45) is 11.1. The standard InChI is InChI=1S/C30H50O3.CH2O2/c1-18-10-13-26(3)16-17-28(5)20(24(26)19(18)2)8-9-21-27(4)14-12-23(31)30(7,25(32)33)22(27)11-15-29(21,28)6;2-1-3/h18-24,31H,8-17H2,1-7H3,(H,32,33);1H,(H,2,3)/t18-,19+,20?,21?,22?,23-,24?,26-,27-,28-,29-,30-;/m1./s1. The van der Waals surface area contributed by atoms with Crippen LogP contribution < -0.4 is 0 Å². The van der Waals surface area contributed by atoms with Gasteiger partial charge in [0, 0.05) is 0 Å². The Balaban J connectivity index is 0.000000967. The number of hydrogen-bond donors (Lipinski definition) is 3. The Morgan fingerprint density at radius 1 is 0.806 bits per heavy atom. The minimum Gasteiger partial charge on any atom is -0.483 e. The maximum absolute atomic E-state index is 12.5. The molecule has 5 nitrogen and oxygen atoms in total. The van der Waals surface area contributed by atoms with Crippen molar-refractivity contribution in [2.75, 3.05) is 0 Å². The molecular weight excluding hydrogens is 452 g/mol. The fourth-order valence-corrected chi connectivity index (χ4v) is 11.7. The summed E-state index contributed by atoms with van der Waals surface area (Å²) in [5, 5.41) is 28.0. The van der Waals surface area contributed by atoms with E-state index >= 15 is 0 Å². The minimum atomic E-state index is -1.01. The van der Waals surface area contributed by atoms with Crippen LogP contribution in [0.5, 0.6) is 0 Å². The van der Waals surface area contributed by atoms with Gasteiger partial charge in [-0.05, 0) is 128 Å². The fourth-order valence-electron chi connectivity index (χ4n) is 11.7. The Kier molecular flexibility index (Phi) is 6.97. The zero-order valence-electron chi connectivity index (χ0n) is 23.8. The van der Waals surface area contributed by atoms with E-state index in [1.165, 1.54) is 38.5 Å². The quantitative estimate of drug-likeness (QED) is 0.339. The summed E-state index contributed by atoms with van der Waals surface area (Å²) in [6.45, 7) is 17.0. The van der Waals surface area contributed by atoms with E-state index < -0.39 is 17.5 Å². The molecule has 0 saturated heterocycles. The average Bonchev–Trinajstić information content (AvgIpc) is 2.81. The van der Waals surface area contributed by atoms with Crippen LogP contribution in [0.4, 0.5) is 0 Å². The van der Waals surface area contributed by atoms with Crippen LogP contribution in [0.25, 0.3) is 0 Å². The van der Waals surface area contributed by atoms with Crippen molar-refractivity contribution in [2.24, 2.45) is 62.6 Å². The molecule has 0 aromatic heterocycles. The maximum atomic E-state index is 12.5. The van der Waals surface area contributed by atoms with Crippen LogP contribution in [0.1, 0.15) is 113 Å². The van der Waals surface area contributed by atoms with Crippen LogP contribution in [-0.4, -0.2) is 33.9 Å². The van der Waals surface area contributed by atoms with Crippen molar-refractivity contribution in [3.63, 3.8) is 0 Å². The van der Waals surface area contributed by atoms with Crippen molar-refractivity contribution in [3.05, 3.63) is 0 Å². The number of aliphatic hydroxyl groups is 1. The molecule has 0 heterocycles. The number of aliphatic carboxylic acids is 1. The minimum absolute atomic E-state index is 0.0135. The van der Waals surface area contributed by atoms with E-state index in [4.69, 9.17) is 9.90 Å². The van der Waals surface area contributed by atoms with Crippen molar-refractivity contribution in [2.45, 2.75) is 119 Å². The first-order chi connectivity index (χ1) is 16.7. The van der Waals surface area contributed by atoms with Crippen LogP contribution in [-0.2, 0) is 9.59 Å². The number of rotatable bonds is 1. The highest BCUT2D eigenvalue weighted by Crippen LogP contribution is 2.77. The van der Waals surface area contributed by atoms with E-state index in [1.807, 2.05) is 6.92 Å². The van der Waals surface area contributed by atoms with Crippen molar-refractivity contribution in [1.82, 2.24) is 0 Å². The van der Waals surface area contributed by atoms with Gasteiger partial charge in [-0.15, -0.1) is 0 Å². The predicted octanol–water partition coefficient (Wildman–Crippen LogP) is 6.87. The lowest BCUT2D eigenvalue weighted by Crippen LogP contribution is -2.68. The Morgan fingerprint density at radius 3 is 2.06 bits per heavy atom. The Hall–Kier alpha value is -1.10. The molecule has 0 aromatic rings. The van der Waals surface area contributed by atoms with Gasteiger partial charge in [0.05, 0.1) is 11.5 Å². The highest BCUT2D eigenvalue weighted by atomic mass is 16.4. The van der Waals surface area contributed by atoms with Gasteiger partial charge < -0.3 is 15.3 Å². The van der Waals surface area contributed by atoms with E-state index in [1.54, 1.807) is 0 Å². The molecule has 0 radical (unpaired) electrons. The first-order valence-corrected chi connectivity index (χ1v) is 14.7. The summed E-state index contributed by atoms with van der Waals surface area (Å²) >= 11 is 0. The lowest BCUT2D eigenvalue weighted by atomic mass is 9.31. The number of carboxylic acid groups (broad SMARTS) is 2. The molecule has 5 saturated carbocycles. The second-order valence-electron chi connectivity index (χ2n) is 15.0. The average molecular weight is 505 g/mol. The number of aliphatic hydroxyl groups excluding tert-OH is 1. The fraction of sp³-hybridized carbons (Fsp3) is 0.935. The summed E-state index contributed by atoms with van der Waals surface area (Å²) in [5.41, 5.74) is 0.126. The third-order valence-corrected chi connectivity index (χ3v) is 14.1. The Bertz CT molecular complexity index is 873. The van der Waals surface area contributed by atoms with Gasteiger partial charge in [0.15, 0.2) is 0 Å². The molecule has 0 bridgehead atoms. The highest BCUT2D eigenvalue weighted by molar-refractivity contribution is 5.76. The van der Waals surface area contributed by atoms with Gasteiger partial charge in [-0.3, -0.25) is 9.59 Å². The molecule has 0 spiro atoms. The van der Waals surface area contributed by atoms with Gasteiger partial charge in [0.1, 0.15) is 0 Å². The summed E-state index contributed by atoms with van der Waals surface area (Å²) in [7, 11) is 0. The van der Waals surface area contributed by atoms with E-state index in [-0.39, 0.29) is 23.2 Å². The highest BCUT2D eigenvalue weighted by Gasteiger charge is 2.71. The van der Waals surface area contributed by atoms with E-state index in [2.05, 4.69) is 41.5 Å². The van der Waals surface area contributed by atoms with Crippen LogP contribution in [0, 0.1) is 62.6 Å². The van der Waals surface area contributed by atoms with Gasteiger partial charge in [-0.25, -0.2) is 0 Å². The lowest BCUT2D eigenvalue weighted by molar-refractivity contribution is -0.258. The molecule has 4 unspecified atom stereocenters. The van der Waals surface area contributed by atoms with Crippen molar-refractivity contribution < 1.29 is 24.9 Å². The molecule has 5 rings (SSSR count). The summed E-state index contributed by atoms with van der Waals surface area (Å²) in [5.74, 6) is 3.13. The number of carboxylic acids is 1. The largest absolute Gasteiger partial charge is 0.483 e. The van der Waals surface area contributed by atoms with Gasteiger partial charge in [-0.2, -0.15) is 0 Å². The van der Waals surface area contributed by atoms with Crippen LogP contribution in [0.2, 0.25) is 0 Å².